The summed E-state index contributed by atoms with van der Waals surface area (Å²) in [6.45, 7) is 1.89. The molecule has 1 heterocycles. The molecule has 0 bridgehead atoms. The van der Waals surface area contributed by atoms with Crippen molar-refractivity contribution in [3.05, 3.63) is 30.0 Å². The van der Waals surface area contributed by atoms with Crippen LogP contribution in [0.25, 0.3) is 6.08 Å². The van der Waals surface area contributed by atoms with Gasteiger partial charge in [-0.15, -0.1) is 0 Å². The van der Waals surface area contributed by atoms with Gasteiger partial charge in [0.2, 0.25) is 0 Å². The van der Waals surface area contributed by atoms with Gasteiger partial charge in [0.1, 0.15) is 0 Å². The quantitative estimate of drug-likeness (QED) is 0.617. The van der Waals surface area contributed by atoms with Crippen LogP contribution in [0.1, 0.15) is 11.4 Å². The molecule has 0 saturated carbocycles. The summed E-state index contributed by atoms with van der Waals surface area (Å²) in [5, 5.41) is 0. The first-order valence-electron chi connectivity index (χ1n) is 3.00. The first-order valence-corrected chi connectivity index (χ1v) is 3.00. The third kappa shape index (κ3) is 1.55. The highest BCUT2D eigenvalue weighted by Crippen LogP contribution is 1.94. The van der Waals surface area contributed by atoms with Crippen molar-refractivity contribution in [3.8, 4) is 0 Å². The van der Waals surface area contributed by atoms with Crippen LogP contribution in [0.3, 0.4) is 0 Å². The van der Waals surface area contributed by atoms with Crippen LogP contribution in [0.4, 0.5) is 0 Å². The van der Waals surface area contributed by atoms with E-state index in [1.54, 1.807) is 18.5 Å². The lowest BCUT2D eigenvalue weighted by atomic mass is 10.4. The van der Waals surface area contributed by atoms with Gasteiger partial charge in [-0.25, -0.2) is 0 Å². The van der Waals surface area contributed by atoms with Crippen LogP contribution in [0.5, 0.6) is 0 Å². The van der Waals surface area contributed by atoms with E-state index in [4.69, 9.17) is 5.73 Å². The summed E-state index contributed by atoms with van der Waals surface area (Å²) in [5.41, 5.74) is 6.85. The smallest absolute Gasteiger partial charge is 0.0827 e. The monoisotopic (exact) mass is 135 g/mol. The van der Waals surface area contributed by atoms with Gasteiger partial charge < -0.3 is 5.73 Å². The molecule has 3 nitrogen and oxygen atoms in total. The number of rotatable bonds is 1. The number of hydrogen-bond donors (Lipinski definition) is 1. The van der Waals surface area contributed by atoms with E-state index >= 15 is 0 Å². The standard InChI is InChI=1S/C7H9N3/c1-6-4-10-7(2-3-8)5-9-6/h2-5H,8H2,1H3/b3-2-. The Hall–Kier alpha value is -1.38. The summed E-state index contributed by atoms with van der Waals surface area (Å²) < 4.78 is 0. The van der Waals surface area contributed by atoms with Crippen molar-refractivity contribution in [2.75, 3.05) is 0 Å². The van der Waals surface area contributed by atoms with Crippen molar-refractivity contribution >= 4 is 6.08 Å². The Morgan fingerprint density at radius 1 is 1.40 bits per heavy atom. The minimum absolute atomic E-state index is 0.785. The predicted molar refractivity (Wildman–Crippen MR) is 40.0 cm³/mol. The van der Waals surface area contributed by atoms with Crippen molar-refractivity contribution < 1.29 is 0 Å². The molecule has 52 valence electrons. The molecule has 2 N–H and O–H groups in total. The maximum atomic E-state index is 5.15. The van der Waals surface area contributed by atoms with Crippen molar-refractivity contribution in [3.63, 3.8) is 0 Å². The van der Waals surface area contributed by atoms with E-state index in [9.17, 15) is 0 Å². The van der Waals surface area contributed by atoms with Gasteiger partial charge in [0.25, 0.3) is 0 Å². The van der Waals surface area contributed by atoms with Crippen LogP contribution in [0.15, 0.2) is 18.6 Å². The molecule has 0 aliphatic heterocycles. The Labute approximate surface area is 59.6 Å². The molecule has 10 heavy (non-hydrogen) atoms. The zero-order chi connectivity index (χ0) is 7.40. The second-order valence-electron chi connectivity index (χ2n) is 1.94. The van der Waals surface area contributed by atoms with Crippen molar-refractivity contribution in [2.45, 2.75) is 6.92 Å². The Morgan fingerprint density at radius 2 is 2.20 bits per heavy atom. The lowest BCUT2D eigenvalue weighted by molar-refractivity contribution is 1.10. The van der Waals surface area contributed by atoms with Gasteiger partial charge in [-0.3, -0.25) is 9.97 Å². The van der Waals surface area contributed by atoms with Crippen LogP contribution >= 0.6 is 0 Å². The van der Waals surface area contributed by atoms with Crippen LogP contribution in [-0.2, 0) is 0 Å². The van der Waals surface area contributed by atoms with Crippen LogP contribution in [0, 0.1) is 6.92 Å². The molecule has 0 aromatic carbocycles. The summed E-state index contributed by atoms with van der Waals surface area (Å²) in [6.07, 6.45) is 6.53. The highest BCUT2D eigenvalue weighted by molar-refractivity contribution is 5.41. The molecule has 0 aliphatic rings. The largest absolute Gasteiger partial charge is 0.405 e. The number of aromatic nitrogens is 2. The number of nitrogens with zero attached hydrogens (tertiary/aromatic N) is 2. The zero-order valence-electron chi connectivity index (χ0n) is 5.78. The number of nitrogens with two attached hydrogens (primary N) is 1. The van der Waals surface area contributed by atoms with Crippen LogP contribution < -0.4 is 5.73 Å². The molecule has 1 aromatic rings. The second kappa shape index (κ2) is 2.96. The topological polar surface area (TPSA) is 51.8 Å². The molecular weight excluding hydrogens is 126 g/mol. The number of aryl methyl sites for hydroxylation is 1. The molecule has 0 atom stereocenters. The van der Waals surface area contributed by atoms with E-state index in [0.29, 0.717) is 0 Å². The molecule has 0 unspecified atom stereocenters. The molecule has 0 fully saturated rings. The third-order valence-corrected chi connectivity index (χ3v) is 1.07. The lowest BCUT2D eigenvalue weighted by Gasteiger charge is -1.90. The summed E-state index contributed by atoms with van der Waals surface area (Å²) in [5.74, 6) is 0. The highest BCUT2D eigenvalue weighted by Gasteiger charge is 1.86. The van der Waals surface area contributed by atoms with E-state index in [0.717, 1.165) is 11.4 Å². The van der Waals surface area contributed by atoms with Gasteiger partial charge in [-0.05, 0) is 19.2 Å². The first-order chi connectivity index (χ1) is 4.83. The Bertz CT molecular complexity index is 225. The second-order valence-corrected chi connectivity index (χ2v) is 1.94. The molecule has 0 saturated heterocycles. The van der Waals surface area contributed by atoms with E-state index in [-0.39, 0.29) is 0 Å². The summed E-state index contributed by atoms with van der Waals surface area (Å²) in [4.78, 5) is 8.07. The van der Waals surface area contributed by atoms with Crippen LogP contribution in [0.2, 0.25) is 0 Å². The Kier molecular flexibility index (Phi) is 1.99. The first kappa shape index (κ1) is 6.74. The van der Waals surface area contributed by atoms with E-state index in [1.807, 2.05) is 6.92 Å². The third-order valence-electron chi connectivity index (χ3n) is 1.07. The van der Waals surface area contributed by atoms with Crippen LogP contribution in [-0.4, -0.2) is 9.97 Å². The Balaban J connectivity index is 2.89. The van der Waals surface area contributed by atoms with Crippen molar-refractivity contribution in [1.29, 1.82) is 0 Å². The molecular formula is C7H9N3. The van der Waals surface area contributed by atoms with E-state index in [1.165, 1.54) is 6.20 Å². The average Bonchev–Trinajstić information content (AvgIpc) is 1.95. The average molecular weight is 135 g/mol. The van der Waals surface area contributed by atoms with Crippen molar-refractivity contribution in [2.24, 2.45) is 5.73 Å². The van der Waals surface area contributed by atoms with Crippen molar-refractivity contribution in [1.82, 2.24) is 9.97 Å². The molecule has 3 heteroatoms. The molecule has 0 radical (unpaired) electrons. The fraction of sp³-hybridized carbons (Fsp3) is 0.143. The molecule has 0 spiro atoms. The fourth-order valence-electron chi connectivity index (χ4n) is 0.587. The van der Waals surface area contributed by atoms with Gasteiger partial charge >= 0.3 is 0 Å². The van der Waals surface area contributed by atoms with Gasteiger partial charge in [-0.2, -0.15) is 0 Å². The molecule has 1 aromatic heterocycles. The molecule has 1 rings (SSSR count). The van der Waals surface area contributed by atoms with Gasteiger partial charge in [0.05, 0.1) is 17.6 Å². The minimum atomic E-state index is 0.785. The molecule has 0 aliphatic carbocycles. The lowest BCUT2D eigenvalue weighted by Crippen LogP contribution is -1.86. The number of hydrogen-bond acceptors (Lipinski definition) is 3. The Morgan fingerprint density at radius 3 is 2.70 bits per heavy atom. The predicted octanol–water partition coefficient (Wildman–Crippen LogP) is 0.714. The normalized spacial score (nSPS) is 10.5. The maximum Gasteiger partial charge on any atom is 0.0827 e. The maximum absolute atomic E-state index is 5.15. The SMILES string of the molecule is Cc1cnc(/C=C\N)cn1. The summed E-state index contributed by atoms with van der Waals surface area (Å²) in [7, 11) is 0. The zero-order valence-corrected chi connectivity index (χ0v) is 5.78. The fourth-order valence-corrected chi connectivity index (χ4v) is 0.587. The summed E-state index contributed by atoms with van der Waals surface area (Å²) >= 11 is 0. The van der Waals surface area contributed by atoms with Gasteiger partial charge in [-0.1, -0.05) is 0 Å². The summed E-state index contributed by atoms with van der Waals surface area (Å²) in [6, 6.07) is 0. The van der Waals surface area contributed by atoms with E-state index in [2.05, 4.69) is 9.97 Å². The molecule has 0 amide bonds. The van der Waals surface area contributed by atoms with E-state index < -0.39 is 0 Å². The van der Waals surface area contributed by atoms with Gasteiger partial charge in [0.15, 0.2) is 0 Å². The minimum Gasteiger partial charge on any atom is -0.405 e. The highest BCUT2D eigenvalue weighted by atomic mass is 14.8. The van der Waals surface area contributed by atoms with Gasteiger partial charge in [0, 0.05) is 6.20 Å².